The average molecular weight is 298 g/mol. The lowest BCUT2D eigenvalue weighted by Gasteiger charge is -2.01. The van der Waals surface area contributed by atoms with E-state index in [1.165, 1.54) is 0 Å². The predicted molar refractivity (Wildman–Crippen MR) is 72.3 cm³/mol. The number of rotatable bonds is 6. The van der Waals surface area contributed by atoms with Crippen molar-refractivity contribution in [3.8, 4) is 0 Å². The van der Waals surface area contributed by atoms with Gasteiger partial charge in [-0.05, 0) is 47.6 Å². The van der Waals surface area contributed by atoms with Crippen molar-refractivity contribution in [1.29, 1.82) is 0 Å². The van der Waals surface area contributed by atoms with Crippen molar-refractivity contribution in [3.63, 3.8) is 0 Å². The molecule has 92 valence electrons. The van der Waals surface area contributed by atoms with Crippen LogP contribution in [-0.4, -0.2) is 34.2 Å². The van der Waals surface area contributed by atoms with Gasteiger partial charge in [0, 0.05) is 12.7 Å². The van der Waals surface area contributed by atoms with Gasteiger partial charge in [0.15, 0.2) is 5.65 Å². The predicted octanol–water partition coefficient (Wildman–Crippen LogP) is 1.90. The maximum absolute atomic E-state index is 4.40. The number of halogens is 1. The second kappa shape index (κ2) is 5.97. The Labute approximate surface area is 109 Å². The van der Waals surface area contributed by atoms with E-state index in [1.807, 2.05) is 18.3 Å². The third kappa shape index (κ3) is 3.17. The van der Waals surface area contributed by atoms with Crippen molar-refractivity contribution in [1.82, 2.24) is 19.9 Å². The maximum Gasteiger partial charge on any atom is 0.243 e. The largest absolute Gasteiger partial charge is 0.353 e. The van der Waals surface area contributed by atoms with Crippen molar-refractivity contribution in [2.45, 2.75) is 13.3 Å². The lowest BCUT2D eigenvalue weighted by atomic mass is 10.4. The fourth-order valence-electron chi connectivity index (χ4n) is 1.54. The van der Waals surface area contributed by atoms with Crippen LogP contribution in [-0.2, 0) is 0 Å². The standard InChI is InChI=1S/C11H16BrN5/c1-2-13-6-4-7-14-11-15-10-9(12)5-3-8-17(10)16-11/h3,5,8,13H,2,4,6-7H2,1H3,(H,14,16). The molecule has 0 unspecified atom stereocenters. The van der Waals surface area contributed by atoms with Crippen LogP contribution in [0.1, 0.15) is 13.3 Å². The number of anilines is 1. The van der Waals surface area contributed by atoms with Crippen LogP contribution in [0.3, 0.4) is 0 Å². The first-order chi connectivity index (χ1) is 8.31. The fraction of sp³-hybridized carbons (Fsp3) is 0.455. The van der Waals surface area contributed by atoms with Gasteiger partial charge < -0.3 is 10.6 Å². The summed E-state index contributed by atoms with van der Waals surface area (Å²) in [6, 6.07) is 3.89. The molecular weight excluding hydrogens is 282 g/mol. The number of pyridine rings is 1. The maximum atomic E-state index is 4.40. The van der Waals surface area contributed by atoms with Crippen LogP contribution >= 0.6 is 15.9 Å². The van der Waals surface area contributed by atoms with Gasteiger partial charge in [0.1, 0.15) is 0 Å². The van der Waals surface area contributed by atoms with Crippen LogP contribution in [0.15, 0.2) is 22.8 Å². The average Bonchev–Trinajstić information content (AvgIpc) is 2.73. The molecule has 6 heteroatoms. The van der Waals surface area contributed by atoms with E-state index in [0.29, 0.717) is 5.95 Å². The zero-order chi connectivity index (χ0) is 12.1. The van der Waals surface area contributed by atoms with E-state index in [4.69, 9.17) is 0 Å². The second-order valence-corrected chi connectivity index (χ2v) is 4.55. The summed E-state index contributed by atoms with van der Waals surface area (Å²) in [6.45, 7) is 5.01. The Bertz CT molecular complexity index is 482. The highest BCUT2D eigenvalue weighted by Gasteiger charge is 2.04. The Morgan fingerprint density at radius 2 is 2.29 bits per heavy atom. The van der Waals surface area contributed by atoms with Crippen LogP contribution in [0, 0.1) is 0 Å². The highest BCUT2D eigenvalue weighted by molar-refractivity contribution is 9.10. The first-order valence-corrected chi connectivity index (χ1v) is 6.56. The minimum absolute atomic E-state index is 0.674. The molecule has 0 amide bonds. The summed E-state index contributed by atoms with van der Waals surface area (Å²) in [5, 5.41) is 10.8. The van der Waals surface area contributed by atoms with Crippen molar-refractivity contribution >= 4 is 27.5 Å². The third-order valence-corrected chi connectivity index (χ3v) is 3.00. The molecule has 0 aromatic carbocycles. The SMILES string of the molecule is CCNCCCNc1nc2c(Br)cccn2n1. The Hall–Kier alpha value is -1.14. The Kier molecular flexibility index (Phi) is 4.33. The zero-order valence-electron chi connectivity index (χ0n) is 9.78. The van der Waals surface area contributed by atoms with Crippen molar-refractivity contribution in [2.75, 3.05) is 25.0 Å². The second-order valence-electron chi connectivity index (χ2n) is 3.69. The van der Waals surface area contributed by atoms with Gasteiger partial charge in [-0.1, -0.05) is 6.92 Å². The Morgan fingerprint density at radius 3 is 3.06 bits per heavy atom. The summed E-state index contributed by atoms with van der Waals surface area (Å²) >= 11 is 3.45. The third-order valence-electron chi connectivity index (χ3n) is 2.38. The van der Waals surface area contributed by atoms with Crippen LogP contribution in [0.2, 0.25) is 0 Å². The van der Waals surface area contributed by atoms with Gasteiger partial charge >= 0.3 is 0 Å². The fourth-order valence-corrected chi connectivity index (χ4v) is 1.96. The highest BCUT2D eigenvalue weighted by atomic mass is 79.9. The lowest BCUT2D eigenvalue weighted by molar-refractivity contribution is 0.687. The Balaban J connectivity index is 1.93. The smallest absolute Gasteiger partial charge is 0.243 e. The van der Waals surface area contributed by atoms with Gasteiger partial charge in [0.25, 0.3) is 0 Å². The summed E-state index contributed by atoms with van der Waals surface area (Å²) in [5.74, 6) is 0.674. The first-order valence-electron chi connectivity index (χ1n) is 5.76. The number of aromatic nitrogens is 3. The van der Waals surface area contributed by atoms with Crippen molar-refractivity contribution < 1.29 is 0 Å². The molecule has 0 aliphatic carbocycles. The van der Waals surface area contributed by atoms with Crippen LogP contribution < -0.4 is 10.6 Å². The normalized spacial score (nSPS) is 10.9. The summed E-state index contributed by atoms with van der Waals surface area (Å²) in [6.07, 6.45) is 2.95. The molecule has 0 aliphatic rings. The molecule has 0 fully saturated rings. The molecule has 2 heterocycles. The molecule has 0 atom stereocenters. The van der Waals surface area contributed by atoms with Gasteiger partial charge in [-0.2, -0.15) is 4.98 Å². The van der Waals surface area contributed by atoms with E-state index < -0.39 is 0 Å². The number of fused-ring (bicyclic) bond motifs is 1. The molecule has 0 saturated heterocycles. The molecule has 2 N–H and O–H groups in total. The Morgan fingerprint density at radius 1 is 1.41 bits per heavy atom. The van der Waals surface area contributed by atoms with E-state index >= 15 is 0 Å². The number of hydrogen-bond acceptors (Lipinski definition) is 4. The van der Waals surface area contributed by atoms with Crippen molar-refractivity contribution in [3.05, 3.63) is 22.8 Å². The van der Waals surface area contributed by atoms with Crippen LogP contribution in [0.4, 0.5) is 5.95 Å². The zero-order valence-corrected chi connectivity index (χ0v) is 11.4. The number of hydrogen-bond donors (Lipinski definition) is 2. The molecule has 0 radical (unpaired) electrons. The van der Waals surface area contributed by atoms with Gasteiger partial charge in [-0.25, -0.2) is 4.52 Å². The lowest BCUT2D eigenvalue weighted by Crippen LogP contribution is -2.17. The van der Waals surface area contributed by atoms with E-state index in [-0.39, 0.29) is 0 Å². The number of nitrogens with zero attached hydrogens (tertiary/aromatic N) is 3. The highest BCUT2D eigenvalue weighted by Crippen LogP contribution is 2.16. The molecular formula is C11H16BrN5. The van der Waals surface area contributed by atoms with E-state index in [9.17, 15) is 0 Å². The topological polar surface area (TPSA) is 54.2 Å². The van der Waals surface area contributed by atoms with Gasteiger partial charge in [-0.3, -0.25) is 0 Å². The van der Waals surface area contributed by atoms with Crippen LogP contribution in [0.25, 0.3) is 5.65 Å². The molecule has 0 spiro atoms. The van der Waals surface area contributed by atoms with E-state index in [2.05, 4.69) is 43.6 Å². The molecule has 0 bridgehead atoms. The van der Waals surface area contributed by atoms with Gasteiger partial charge in [0.05, 0.1) is 4.47 Å². The van der Waals surface area contributed by atoms with Crippen LogP contribution in [0.5, 0.6) is 0 Å². The minimum Gasteiger partial charge on any atom is -0.353 e. The number of nitrogens with one attached hydrogen (secondary N) is 2. The first kappa shape index (κ1) is 12.3. The summed E-state index contributed by atoms with van der Waals surface area (Å²) in [4.78, 5) is 4.40. The summed E-state index contributed by atoms with van der Waals surface area (Å²) in [7, 11) is 0. The molecule has 0 saturated carbocycles. The molecule has 17 heavy (non-hydrogen) atoms. The summed E-state index contributed by atoms with van der Waals surface area (Å²) in [5.41, 5.74) is 0.835. The molecule has 2 rings (SSSR count). The van der Waals surface area contributed by atoms with E-state index in [0.717, 1.165) is 36.2 Å². The monoisotopic (exact) mass is 297 g/mol. The van der Waals surface area contributed by atoms with Gasteiger partial charge in [-0.15, -0.1) is 5.10 Å². The summed E-state index contributed by atoms with van der Waals surface area (Å²) < 4.78 is 2.71. The minimum atomic E-state index is 0.674. The quantitative estimate of drug-likeness (QED) is 0.800. The molecule has 0 aliphatic heterocycles. The van der Waals surface area contributed by atoms with E-state index in [1.54, 1.807) is 4.52 Å². The van der Waals surface area contributed by atoms with Crippen molar-refractivity contribution in [2.24, 2.45) is 0 Å². The molecule has 2 aromatic heterocycles. The molecule has 2 aromatic rings. The van der Waals surface area contributed by atoms with Gasteiger partial charge in [0.2, 0.25) is 5.95 Å². The molecule has 5 nitrogen and oxygen atoms in total.